The molecule has 2 nitrogen and oxygen atoms in total. The Morgan fingerprint density at radius 3 is 2.42 bits per heavy atom. The van der Waals surface area contributed by atoms with E-state index in [1.165, 1.54) is 22.0 Å². The zero-order valence-electron chi connectivity index (χ0n) is 10.8. The Bertz CT molecular complexity index is 670. The Morgan fingerprint density at radius 1 is 0.895 bits per heavy atom. The van der Waals surface area contributed by atoms with E-state index in [1.807, 2.05) is 6.07 Å². The Kier molecular flexibility index (Phi) is 3.34. The maximum absolute atomic E-state index is 9.17. The highest BCUT2D eigenvalue weighted by Gasteiger charge is 2.07. The largest absolute Gasteiger partial charge is 0.396 e. The lowest BCUT2D eigenvalue weighted by Crippen LogP contribution is -1.97. The molecule has 0 amide bonds. The molecule has 3 rings (SSSR count). The van der Waals surface area contributed by atoms with E-state index < -0.39 is 0 Å². The second-order valence-corrected chi connectivity index (χ2v) is 4.76. The lowest BCUT2D eigenvalue weighted by molar-refractivity contribution is 0.300. The molecule has 2 heteroatoms. The van der Waals surface area contributed by atoms with Crippen molar-refractivity contribution in [3.05, 3.63) is 71.9 Å². The summed E-state index contributed by atoms with van der Waals surface area (Å²) in [7, 11) is 0. The molecule has 0 fully saturated rings. The van der Waals surface area contributed by atoms with Crippen LogP contribution < -0.4 is 0 Å². The van der Waals surface area contributed by atoms with Gasteiger partial charge in [0.2, 0.25) is 0 Å². The third-order valence-corrected chi connectivity index (χ3v) is 3.45. The highest BCUT2D eigenvalue weighted by molar-refractivity contribution is 5.84. The van der Waals surface area contributed by atoms with Crippen LogP contribution >= 0.6 is 0 Å². The van der Waals surface area contributed by atoms with Crippen molar-refractivity contribution in [2.75, 3.05) is 6.61 Å². The number of fused-ring (bicyclic) bond motifs is 1. The van der Waals surface area contributed by atoms with E-state index >= 15 is 0 Å². The van der Waals surface area contributed by atoms with Gasteiger partial charge in [0.15, 0.2) is 0 Å². The van der Waals surface area contributed by atoms with Crippen molar-refractivity contribution in [3.63, 3.8) is 0 Å². The van der Waals surface area contributed by atoms with Gasteiger partial charge in [-0.25, -0.2) is 0 Å². The summed E-state index contributed by atoms with van der Waals surface area (Å²) in [4.78, 5) is 0. The average molecular weight is 251 g/mol. The van der Waals surface area contributed by atoms with Gasteiger partial charge >= 0.3 is 0 Å². The zero-order chi connectivity index (χ0) is 13.1. The number of rotatable bonds is 4. The molecule has 0 bridgehead atoms. The molecule has 1 aromatic heterocycles. The second-order valence-electron chi connectivity index (χ2n) is 4.76. The van der Waals surface area contributed by atoms with Gasteiger partial charge in [-0.1, -0.05) is 48.5 Å². The summed E-state index contributed by atoms with van der Waals surface area (Å²) >= 11 is 0. The highest BCUT2D eigenvalue weighted by Crippen LogP contribution is 2.22. The van der Waals surface area contributed by atoms with E-state index in [1.54, 1.807) is 0 Å². The fourth-order valence-electron chi connectivity index (χ4n) is 2.55. The van der Waals surface area contributed by atoms with Crippen LogP contribution in [0.25, 0.3) is 10.9 Å². The molecule has 0 aliphatic heterocycles. The van der Waals surface area contributed by atoms with Crippen molar-refractivity contribution in [1.82, 2.24) is 4.57 Å². The Hall–Kier alpha value is -2.06. The molecule has 2 aromatic carbocycles. The minimum absolute atomic E-state index is 0.194. The number of aliphatic hydroxyl groups is 1. The quantitative estimate of drug-likeness (QED) is 0.756. The summed E-state index contributed by atoms with van der Waals surface area (Å²) in [6.07, 6.45) is 2.87. The van der Waals surface area contributed by atoms with Crippen molar-refractivity contribution in [2.45, 2.75) is 13.0 Å². The van der Waals surface area contributed by atoms with Gasteiger partial charge in [-0.2, -0.15) is 0 Å². The first-order valence-electron chi connectivity index (χ1n) is 6.60. The molecule has 0 aliphatic carbocycles. The van der Waals surface area contributed by atoms with Crippen LogP contribution in [0.15, 0.2) is 60.8 Å². The molecule has 1 heterocycles. The number of benzene rings is 2. The molecular weight excluding hydrogens is 234 g/mol. The molecule has 0 saturated heterocycles. The van der Waals surface area contributed by atoms with E-state index in [4.69, 9.17) is 5.11 Å². The van der Waals surface area contributed by atoms with Crippen LogP contribution in [0.2, 0.25) is 0 Å². The molecule has 0 atom stereocenters. The first-order valence-corrected chi connectivity index (χ1v) is 6.60. The number of nitrogens with zero attached hydrogens (tertiary/aromatic N) is 1. The lowest BCUT2D eigenvalue weighted by Gasteiger charge is -2.05. The molecular formula is C17H17NO. The lowest BCUT2D eigenvalue weighted by atomic mass is 10.1. The van der Waals surface area contributed by atoms with Crippen molar-refractivity contribution in [2.24, 2.45) is 0 Å². The van der Waals surface area contributed by atoms with Crippen LogP contribution in [0, 0.1) is 0 Å². The zero-order valence-corrected chi connectivity index (χ0v) is 10.8. The van der Waals surface area contributed by atoms with Crippen molar-refractivity contribution in [3.8, 4) is 0 Å². The summed E-state index contributed by atoms with van der Waals surface area (Å²) in [5.74, 6) is 0. The molecule has 96 valence electrons. The predicted octanol–water partition coefficient (Wildman–Crippen LogP) is 3.22. The second kappa shape index (κ2) is 5.29. The van der Waals surface area contributed by atoms with Crippen molar-refractivity contribution >= 4 is 10.9 Å². The van der Waals surface area contributed by atoms with Gasteiger partial charge in [0.05, 0.1) is 0 Å². The Morgan fingerprint density at radius 2 is 1.63 bits per heavy atom. The standard InChI is InChI=1S/C17H17NO/c19-11-10-15-13-18(12-14-6-2-1-3-7-14)17-9-5-4-8-16(15)17/h1-9,13,19H,10-12H2. The van der Waals surface area contributed by atoms with E-state index in [2.05, 4.69) is 59.3 Å². The van der Waals surface area contributed by atoms with Crippen LogP contribution in [0.5, 0.6) is 0 Å². The maximum atomic E-state index is 9.17. The summed E-state index contributed by atoms with van der Waals surface area (Å²) in [5.41, 5.74) is 3.74. The Labute approximate surface area is 112 Å². The highest BCUT2D eigenvalue weighted by atomic mass is 16.2. The maximum Gasteiger partial charge on any atom is 0.0486 e. The molecule has 0 aliphatic rings. The topological polar surface area (TPSA) is 25.2 Å². The van der Waals surface area contributed by atoms with Gasteiger partial charge in [0.25, 0.3) is 0 Å². The Balaban J connectivity index is 2.03. The molecule has 19 heavy (non-hydrogen) atoms. The van der Waals surface area contributed by atoms with Crippen LogP contribution in [0.4, 0.5) is 0 Å². The normalized spacial score (nSPS) is 11.0. The molecule has 1 N–H and O–H groups in total. The summed E-state index contributed by atoms with van der Waals surface area (Å²) in [6.45, 7) is 1.06. The first-order chi connectivity index (χ1) is 9.38. The number of para-hydroxylation sites is 1. The third-order valence-electron chi connectivity index (χ3n) is 3.45. The number of aromatic nitrogens is 1. The van der Waals surface area contributed by atoms with Gasteiger partial charge in [-0.3, -0.25) is 0 Å². The summed E-state index contributed by atoms with van der Waals surface area (Å²) in [5, 5.41) is 10.4. The van der Waals surface area contributed by atoms with Gasteiger partial charge in [0.1, 0.15) is 0 Å². The van der Waals surface area contributed by atoms with Gasteiger partial charge < -0.3 is 9.67 Å². The monoisotopic (exact) mass is 251 g/mol. The minimum atomic E-state index is 0.194. The van der Waals surface area contributed by atoms with Crippen LogP contribution in [0.1, 0.15) is 11.1 Å². The number of hydrogen-bond donors (Lipinski definition) is 1. The molecule has 3 aromatic rings. The summed E-state index contributed by atoms with van der Waals surface area (Å²) < 4.78 is 2.26. The fraction of sp³-hybridized carbons (Fsp3) is 0.176. The van der Waals surface area contributed by atoms with Crippen molar-refractivity contribution < 1.29 is 5.11 Å². The van der Waals surface area contributed by atoms with Gasteiger partial charge in [-0.05, 0) is 23.6 Å². The van der Waals surface area contributed by atoms with Crippen LogP contribution in [0.3, 0.4) is 0 Å². The number of hydrogen-bond acceptors (Lipinski definition) is 1. The SMILES string of the molecule is OCCc1cn(Cc2ccccc2)c2ccccc12. The smallest absolute Gasteiger partial charge is 0.0486 e. The molecule has 0 radical (unpaired) electrons. The van der Waals surface area contributed by atoms with Crippen LogP contribution in [-0.2, 0) is 13.0 Å². The van der Waals surface area contributed by atoms with Gasteiger partial charge in [0, 0.05) is 30.3 Å². The number of aliphatic hydroxyl groups excluding tert-OH is 1. The van der Waals surface area contributed by atoms with E-state index in [-0.39, 0.29) is 6.61 Å². The minimum Gasteiger partial charge on any atom is -0.396 e. The summed E-state index contributed by atoms with van der Waals surface area (Å²) in [6, 6.07) is 18.8. The van der Waals surface area contributed by atoms with Crippen molar-refractivity contribution in [1.29, 1.82) is 0 Å². The molecule has 0 spiro atoms. The fourth-order valence-corrected chi connectivity index (χ4v) is 2.55. The van der Waals surface area contributed by atoms with E-state index in [9.17, 15) is 0 Å². The van der Waals surface area contributed by atoms with E-state index in [0.29, 0.717) is 6.42 Å². The van der Waals surface area contributed by atoms with Crippen LogP contribution in [-0.4, -0.2) is 16.3 Å². The molecule has 0 unspecified atom stereocenters. The molecule has 0 saturated carbocycles. The predicted molar refractivity (Wildman–Crippen MR) is 78.3 cm³/mol. The van der Waals surface area contributed by atoms with E-state index in [0.717, 1.165) is 6.54 Å². The van der Waals surface area contributed by atoms with Gasteiger partial charge in [-0.15, -0.1) is 0 Å². The third kappa shape index (κ3) is 2.40. The average Bonchev–Trinajstić information content (AvgIpc) is 2.79. The first kappa shape index (κ1) is 12.0.